The second-order valence-corrected chi connectivity index (χ2v) is 9.84. The van der Waals surface area contributed by atoms with Crippen LogP contribution in [-0.4, -0.2) is 52.6 Å². The Labute approximate surface area is 235 Å². The smallest absolute Gasteiger partial charge is 0.330 e. The van der Waals surface area contributed by atoms with E-state index in [1.165, 1.54) is 18.4 Å². The molecule has 0 unspecified atom stereocenters. The molecule has 11 heteroatoms. The normalized spacial score (nSPS) is 11.4. The molecule has 10 nitrogen and oxygen atoms in total. The van der Waals surface area contributed by atoms with Crippen molar-refractivity contribution < 1.29 is 24.2 Å². The van der Waals surface area contributed by atoms with Crippen molar-refractivity contribution in [1.82, 2.24) is 20.6 Å². The summed E-state index contributed by atoms with van der Waals surface area (Å²) < 4.78 is 4.82. The molecule has 0 spiro atoms. The summed E-state index contributed by atoms with van der Waals surface area (Å²) in [6, 6.07) is 17.1. The third kappa shape index (κ3) is 6.80. The molecule has 0 aliphatic heterocycles. The van der Waals surface area contributed by atoms with Gasteiger partial charge in [0.25, 0.3) is 11.8 Å². The second kappa shape index (κ2) is 12.9. The number of nitrogens with zero attached hydrogens (tertiary/aromatic N) is 2. The van der Waals surface area contributed by atoms with Crippen LogP contribution in [0.25, 0.3) is 11.1 Å². The molecule has 2 heterocycles. The maximum absolute atomic E-state index is 13.2. The number of carbonyl (C=O) groups is 3. The number of carbonyl (C=O) groups excluding carboxylic acids is 3. The molecule has 2 amide bonds. The lowest BCUT2D eigenvalue weighted by Crippen LogP contribution is -2.49. The summed E-state index contributed by atoms with van der Waals surface area (Å²) in [6.07, 6.45) is 0. The lowest BCUT2D eigenvalue weighted by atomic mass is 9.99. The number of aromatic nitrogens is 2. The van der Waals surface area contributed by atoms with Crippen molar-refractivity contribution in [2.24, 2.45) is 0 Å². The molecule has 0 aliphatic carbocycles. The van der Waals surface area contributed by atoms with Gasteiger partial charge in [-0.15, -0.1) is 11.3 Å². The maximum Gasteiger partial charge on any atom is 0.330 e. The number of benzene rings is 2. The van der Waals surface area contributed by atoms with E-state index >= 15 is 0 Å². The van der Waals surface area contributed by atoms with Gasteiger partial charge >= 0.3 is 5.97 Å². The number of aromatic hydroxyl groups is 1. The van der Waals surface area contributed by atoms with Crippen LogP contribution in [0.5, 0.6) is 5.75 Å². The van der Waals surface area contributed by atoms with Crippen molar-refractivity contribution >= 4 is 35.1 Å². The summed E-state index contributed by atoms with van der Waals surface area (Å²) >= 11 is 1.27. The number of amides is 2. The molecule has 0 radical (unpaired) electrons. The predicted molar refractivity (Wildman–Crippen MR) is 152 cm³/mol. The molecule has 2 aromatic heterocycles. The highest BCUT2D eigenvalue weighted by molar-refractivity contribution is 7.12. The van der Waals surface area contributed by atoms with Crippen molar-refractivity contribution in [1.29, 1.82) is 0 Å². The van der Waals surface area contributed by atoms with Gasteiger partial charge in [0.2, 0.25) is 5.95 Å². The molecule has 206 valence electrons. The van der Waals surface area contributed by atoms with Gasteiger partial charge in [-0.3, -0.25) is 9.59 Å². The summed E-state index contributed by atoms with van der Waals surface area (Å²) in [5, 5.41) is 20.1. The van der Waals surface area contributed by atoms with Gasteiger partial charge in [0.15, 0.2) is 0 Å². The van der Waals surface area contributed by atoms with Crippen LogP contribution in [0.2, 0.25) is 0 Å². The number of methoxy groups -OCH3 is 1. The molecular weight excluding hydrogens is 530 g/mol. The number of anilines is 1. The molecule has 0 aliphatic rings. The van der Waals surface area contributed by atoms with E-state index in [-0.39, 0.29) is 23.8 Å². The van der Waals surface area contributed by atoms with Crippen LogP contribution in [0.1, 0.15) is 37.0 Å². The number of thiophene rings is 1. The summed E-state index contributed by atoms with van der Waals surface area (Å²) in [4.78, 5) is 47.2. The summed E-state index contributed by atoms with van der Waals surface area (Å²) in [6.45, 7) is 3.62. The highest BCUT2D eigenvalue weighted by atomic mass is 32.1. The van der Waals surface area contributed by atoms with Gasteiger partial charge in [0, 0.05) is 13.1 Å². The maximum atomic E-state index is 13.2. The van der Waals surface area contributed by atoms with Crippen molar-refractivity contribution in [3.05, 3.63) is 93.4 Å². The van der Waals surface area contributed by atoms with Crippen LogP contribution in [0.3, 0.4) is 0 Å². The van der Waals surface area contributed by atoms with E-state index in [0.29, 0.717) is 28.8 Å². The first-order valence-corrected chi connectivity index (χ1v) is 13.3. The number of ether oxygens (including phenoxy) is 1. The number of esters is 1. The molecule has 1 atom stereocenters. The van der Waals surface area contributed by atoms with Crippen LogP contribution < -0.4 is 16.0 Å². The van der Waals surface area contributed by atoms with Crippen molar-refractivity contribution in [3.63, 3.8) is 0 Å². The van der Waals surface area contributed by atoms with Gasteiger partial charge < -0.3 is 25.8 Å². The van der Waals surface area contributed by atoms with Crippen molar-refractivity contribution in [3.8, 4) is 16.9 Å². The van der Waals surface area contributed by atoms with Gasteiger partial charge in [-0.2, -0.15) is 0 Å². The summed E-state index contributed by atoms with van der Waals surface area (Å²) in [5.41, 5.74) is 3.86. The second-order valence-electron chi connectivity index (χ2n) is 8.89. The molecule has 0 saturated heterocycles. The van der Waals surface area contributed by atoms with E-state index in [1.807, 2.05) is 30.3 Å². The monoisotopic (exact) mass is 559 g/mol. The van der Waals surface area contributed by atoms with E-state index in [9.17, 15) is 19.5 Å². The summed E-state index contributed by atoms with van der Waals surface area (Å²) in [7, 11) is 1.21. The zero-order valence-electron chi connectivity index (χ0n) is 22.2. The number of hydrogen-bond donors (Lipinski definition) is 4. The topological polar surface area (TPSA) is 143 Å². The third-order valence-corrected chi connectivity index (χ3v) is 6.98. The van der Waals surface area contributed by atoms with Gasteiger partial charge in [-0.25, -0.2) is 14.8 Å². The van der Waals surface area contributed by atoms with E-state index in [4.69, 9.17) is 4.74 Å². The van der Waals surface area contributed by atoms with Gasteiger partial charge in [0.05, 0.1) is 28.9 Å². The number of phenolic OH excluding ortho intramolecular Hbond substituents is 1. The first-order valence-electron chi connectivity index (χ1n) is 12.4. The molecule has 2 aromatic carbocycles. The fourth-order valence-corrected chi connectivity index (χ4v) is 4.82. The molecule has 4 aromatic rings. The Bertz CT molecular complexity index is 1500. The SMILES string of the molecule is COC(=O)[C@H](CNC(=O)c1cccs1)NC(=O)c1c(C)nc(NCc2ccccc2-c2cccc(O)c2)nc1C. The Kier molecular flexibility index (Phi) is 9.07. The lowest BCUT2D eigenvalue weighted by molar-refractivity contribution is -0.142. The third-order valence-electron chi connectivity index (χ3n) is 6.11. The highest BCUT2D eigenvalue weighted by Crippen LogP contribution is 2.27. The molecular formula is C29H29N5O5S. The van der Waals surface area contributed by atoms with E-state index in [0.717, 1.165) is 16.7 Å². The van der Waals surface area contributed by atoms with Crippen LogP contribution in [0, 0.1) is 13.8 Å². The number of hydrogen-bond acceptors (Lipinski definition) is 9. The first kappa shape index (κ1) is 28.2. The minimum absolute atomic E-state index is 0.146. The number of nitrogens with one attached hydrogen (secondary N) is 3. The summed E-state index contributed by atoms with van der Waals surface area (Å²) in [5.74, 6) is -1.08. The fourth-order valence-electron chi connectivity index (χ4n) is 4.18. The minimum Gasteiger partial charge on any atom is -0.508 e. The Morgan fingerprint density at radius 1 is 0.975 bits per heavy atom. The molecule has 4 N–H and O–H groups in total. The average molecular weight is 560 g/mol. The number of phenols is 1. The van der Waals surface area contributed by atoms with Crippen LogP contribution in [-0.2, 0) is 16.1 Å². The minimum atomic E-state index is -1.10. The number of aryl methyl sites for hydroxylation is 2. The molecule has 0 fully saturated rings. The molecule has 0 saturated carbocycles. The fraction of sp³-hybridized carbons (Fsp3) is 0.207. The largest absolute Gasteiger partial charge is 0.508 e. The Morgan fingerprint density at radius 3 is 2.40 bits per heavy atom. The van der Waals surface area contributed by atoms with Gasteiger partial charge in [-0.05, 0) is 54.1 Å². The van der Waals surface area contributed by atoms with E-state index in [1.54, 1.807) is 49.6 Å². The standard InChI is InChI=1S/C29H29N5O5S/c1-17-25(27(37)34-23(28(38)39-3)16-30-26(36)24-12-7-13-40-24)18(2)33-29(32-17)31-15-20-8-4-5-11-22(20)19-9-6-10-21(35)14-19/h4-14,23,35H,15-16H2,1-3H3,(H,30,36)(H,34,37)(H,31,32,33)/t23-/m0/s1. The van der Waals surface area contributed by atoms with Crippen LogP contribution >= 0.6 is 11.3 Å². The van der Waals surface area contributed by atoms with E-state index < -0.39 is 17.9 Å². The Balaban J connectivity index is 1.46. The number of rotatable bonds is 10. The molecule has 4 rings (SSSR count). The Morgan fingerprint density at radius 2 is 1.73 bits per heavy atom. The predicted octanol–water partition coefficient (Wildman–Crippen LogP) is 3.84. The molecule has 0 bridgehead atoms. The van der Waals surface area contributed by atoms with Gasteiger partial charge in [-0.1, -0.05) is 42.5 Å². The Hall–Kier alpha value is -4.77. The zero-order chi connectivity index (χ0) is 28.6. The zero-order valence-corrected chi connectivity index (χ0v) is 23.0. The van der Waals surface area contributed by atoms with Crippen molar-refractivity contribution in [2.75, 3.05) is 19.0 Å². The molecule has 40 heavy (non-hydrogen) atoms. The van der Waals surface area contributed by atoms with Crippen molar-refractivity contribution in [2.45, 2.75) is 26.4 Å². The van der Waals surface area contributed by atoms with Crippen LogP contribution in [0.4, 0.5) is 5.95 Å². The quantitative estimate of drug-likeness (QED) is 0.215. The van der Waals surface area contributed by atoms with Crippen LogP contribution in [0.15, 0.2) is 66.0 Å². The van der Waals surface area contributed by atoms with E-state index in [2.05, 4.69) is 25.9 Å². The lowest BCUT2D eigenvalue weighted by Gasteiger charge is -2.18. The van der Waals surface area contributed by atoms with Gasteiger partial charge in [0.1, 0.15) is 11.8 Å². The average Bonchev–Trinajstić information content (AvgIpc) is 3.49. The highest BCUT2D eigenvalue weighted by Gasteiger charge is 2.26. The first-order chi connectivity index (χ1) is 19.3.